The van der Waals surface area contributed by atoms with Gasteiger partial charge >= 0.3 is 0 Å². The number of hydrogen-bond donors (Lipinski definition) is 2. The van der Waals surface area contributed by atoms with Crippen molar-refractivity contribution in [2.24, 2.45) is 0 Å². The Hall–Kier alpha value is -1.89. The molecule has 1 aromatic heterocycles. The van der Waals surface area contributed by atoms with Crippen molar-refractivity contribution in [1.82, 2.24) is 15.2 Å². The van der Waals surface area contributed by atoms with Crippen LogP contribution in [0.15, 0.2) is 30.5 Å². The second kappa shape index (κ2) is 5.96. The summed E-state index contributed by atoms with van der Waals surface area (Å²) < 4.78 is 11.6. The fraction of sp³-hybridized carbons (Fsp3) is 0.471. The molecule has 4 rings (SSSR count). The number of H-pyrrole nitrogens is 1. The molecule has 6 heteroatoms. The monoisotopic (exact) mass is 315 g/mol. The SMILES string of the molecule is O=C(c1ccc2cc[nH]c2c1)N1CCO[C@]2(CNCCOC2)C1. The number of aromatic nitrogens is 1. The van der Waals surface area contributed by atoms with Crippen molar-refractivity contribution < 1.29 is 14.3 Å². The van der Waals surface area contributed by atoms with E-state index in [1.807, 2.05) is 35.4 Å². The Labute approximate surface area is 134 Å². The Balaban J connectivity index is 1.55. The summed E-state index contributed by atoms with van der Waals surface area (Å²) in [5.41, 5.74) is 1.26. The van der Waals surface area contributed by atoms with Gasteiger partial charge in [-0.05, 0) is 23.6 Å². The summed E-state index contributed by atoms with van der Waals surface area (Å²) in [6, 6.07) is 7.79. The van der Waals surface area contributed by atoms with Crippen LogP contribution in [-0.4, -0.2) is 67.4 Å². The number of amides is 1. The molecule has 2 aliphatic heterocycles. The lowest BCUT2D eigenvalue weighted by atomic mass is 10.0. The zero-order valence-corrected chi connectivity index (χ0v) is 13.0. The molecule has 0 unspecified atom stereocenters. The predicted molar refractivity (Wildman–Crippen MR) is 86.6 cm³/mol. The van der Waals surface area contributed by atoms with E-state index in [2.05, 4.69) is 10.3 Å². The molecule has 0 radical (unpaired) electrons. The Morgan fingerprint density at radius 2 is 2.22 bits per heavy atom. The number of nitrogens with zero attached hydrogens (tertiary/aromatic N) is 1. The van der Waals surface area contributed by atoms with Gasteiger partial charge < -0.3 is 24.7 Å². The standard InChI is InChI=1S/C17H21N3O3/c21-16(14-2-1-13-3-4-19-15(13)9-14)20-6-8-23-17(11-20)10-18-5-7-22-12-17/h1-4,9,18-19H,5-8,10-12H2/t17-/m1/s1. The molecule has 6 nitrogen and oxygen atoms in total. The first-order valence-corrected chi connectivity index (χ1v) is 8.05. The number of rotatable bonds is 1. The summed E-state index contributed by atoms with van der Waals surface area (Å²) in [5, 5.41) is 4.45. The van der Waals surface area contributed by atoms with Crippen LogP contribution in [0.4, 0.5) is 0 Å². The minimum atomic E-state index is -0.430. The topological polar surface area (TPSA) is 66.6 Å². The molecule has 0 aliphatic carbocycles. The molecular formula is C17H21N3O3. The summed E-state index contributed by atoms with van der Waals surface area (Å²) in [5.74, 6) is 0.0495. The molecule has 1 spiro atoms. The predicted octanol–water partition coefficient (Wildman–Crippen LogP) is 0.999. The molecular weight excluding hydrogens is 294 g/mol. The molecule has 2 fully saturated rings. The van der Waals surface area contributed by atoms with Gasteiger partial charge in [0.2, 0.25) is 0 Å². The van der Waals surface area contributed by atoms with E-state index in [0.29, 0.717) is 45.0 Å². The zero-order valence-electron chi connectivity index (χ0n) is 13.0. The van der Waals surface area contributed by atoms with Gasteiger partial charge in [-0.25, -0.2) is 0 Å². The lowest BCUT2D eigenvalue weighted by Gasteiger charge is -2.41. The second-order valence-electron chi connectivity index (χ2n) is 6.27. The first-order chi connectivity index (χ1) is 11.3. The molecule has 0 bridgehead atoms. The van der Waals surface area contributed by atoms with Crippen LogP contribution in [-0.2, 0) is 9.47 Å². The van der Waals surface area contributed by atoms with Crippen LogP contribution in [0.2, 0.25) is 0 Å². The number of carbonyl (C=O) groups excluding carboxylic acids is 1. The molecule has 2 aliphatic rings. The average Bonchev–Trinajstić information content (AvgIpc) is 2.94. The van der Waals surface area contributed by atoms with Gasteiger partial charge in [-0.15, -0.1) is 0 Å². The quantitative estimate of drug-likeness (QED) is 0.824. The highest BCUT2D eigenvalue weighted by Gasteiger charge is 2.39. The van der Waals surface area contributed by atoms with Gasteiger partial charge in [0, 0.05) is 36.9 Å². The molecule has 2 N–H and O–H groups in total. The third-order valence-electron chi connectivity index (χ3n) is 4.57. The highest BCUT2D eigenvalue weighted by molar-refractivity contribution is 5.98. The van der Waals surface area contributed by atoms with E-state index in [-0.39, 0.29) is 5.91 Å². The van der Waals surface area contributed by atoms with E-state index in [0.717, 1.165) is 17.4 Å². The fourth-order valence-corrected chi connectivity index (χ4v) is 3.35. The van der Waals surface area contributed by atoms with E-state index < -0.39 is 5.60 Å². The number of ether oxygens (including phenoxy) is 2. The van der Waals surface area contributed by atoms with Crippen molar-refractivity contribution in [1.29, 1.82) is 0 Å². The van der Waals surface area contributed by atoms with Crippen molar-refractivity contribution in [3.63, 3.8) is 0 Å². The number of hydrogen-bond acceptors (Lipinski definition) is 4. The van der Waals surface area contributed by atoms with Gasteiger partial charge in [0.1, 0.15) is 5.60 Å². The maximum absolute atomic E-state index is 12.9. The second-order valence-corrected chi connectivity index (χ2v) is 6.27. The zero-order chi connectivity index (χ0) is 15.7. The molecule has 23 heavy (non-hydrogen) atoms. The van der Waals surface area contributed by atoms with Crippen molar-refractivity contribution in [3.05, 3.63) is 36.0 Å². The van der Waals surface area contributed by atoms with Crippen LogP contribution >= 0.6 is 0 Å². The van der Waals surface area contributed by atoms with E-state index in [1.165, 1.54) is 0 Å². The molecule has 2 saturated heterocycles. The minimum Gasteiger partial charge on any atom is -0.377 e. The summed E-state index contributed by atoms with van der Waals surface area (Å²) in [6.45, 7) is 4.46. The first-order valence-electron chi connectivity index (χ1n) is 8.05. The van der Waals surface area contributed by atoms with E-state index >= 15 is 0 Å². The first kappa shape index (κ1) is 14.7. The Kier molecular flexibility index (Phi) is 3.80. The molecule has 1 atom stereocenters. The van der Waals surface area contributed by atoms with Crippen LogP contribution in [0.3, 0.4) is 0 Å². The Bertz CT molecular complexity index is 704. The lowest BCUT2D eigenvalue weighted by Crippen LogP contribution is -2.59. The largest absolute Gasteiger partial charge is 0.377 e. The summed E-state index contributed by atoms with van der Waals surface area (Å²) in [7, 11) is 0. The Morgan fingerprint density at radius 3 is 3.17 bits per heavy atom. The normalized spacial score (nSPS) is 25.7. The van der Waals surface area contributed by atoms with Crippen molar-refractivity contribution >= 4 is 16.8 Å². The van der Waals surface area contributed by atoms with Crippen LogP contribution in [0, 0.1) is 0 Å². The summed E-state index contributed by atoms with van der Waals surface area (Å²) >= 11 is 0. The molecule has 1 amide bonds. The third kappa shape index (κ3) is 2.85. The molecule has 0 saturated carbocycles. The van der Waals surface area contributed by atoms with E-state index in [1.54, 1.807) is 0 Å². The van der Waals surface area contributed by atoms with Crippen LogP contribution in [0.25, 0.3) is 10.9 Å². The summed E-state index contributed by atoms with van der Waals surface area (Å²) in [6.07, 6.45) is 1.89. The number of carbonyl (C=O) groups is 1. The van der Waals surface area contributed by atoms with Crippen LogP contribution in [0.5, 0.6) is 0 Å². The van der Waals surface area contributed by atoms with E-state index in [4.69, 9.17) is 9.47 Å². The number of morpholine rings is 1. The molecule has 122 valence electrons. The molecule has 3 heterocycles. The molecule has 2 aromatic rings. The van der Waals surface area contributed by atoms with Crippen LogP contribution < -0.4 is 5.32 Å². The van der Waals surface area contributed by atoms with Crippen LogP contribution in [0.1, 0.15) is 10.4 Å². The number of benzene rings is 1. The summed E-state index contributed by atoms with van der Waals surface area (Å²) in [4.78, 5) is 17.9. The highest BCUT2D eigenvalue weighted by Crippen LogP contribution is 2.22. The van der Waals surface area contributed by atoms with Gasteiger partial charge in [-0.1, -0.05) is 6.07 Å². The van der Waals surface area contributed by atoms with Gasteiger partial charge in [-0.2, -0.15) is 0 Å². The highest BCUT2D eigenvalue weighted by atomic mass is 16.5. The van der Waals surface area contributed by atoms with Crippen molar-refractivity contribution in [2.45, 2.75) is 5.60 Å². The Morgan fingerprint density at radius 1 is 1.26 bits per heavy atom. The minimum absolute atomic E-state index is 0.0495. The van der Waals surface area contributed by atoms with Crippen molar-refractivity contribution in [2.75, 3.05) is 46.0 Å². The number of nitrogens with one attached hydrogen (secondary N) is 2. The van der Waals surface area contributed by atoms with Gasteiger partial charge in [-0.3, -0.25) is 4.79 Å². The fourth-order valence-electron chi connectivity index (χ4n) is 3.35. The van der Waals surface area contributed by atoms with Gasteiger partial charge in [0.25, 0.3) is 5.91 Å². The maximum atomic E-state index is 12.9. The van der Waals surface area contributed by atoms with Crippen molar-refractivity contribution in [3.8, 4) is 0 Å². The third-order valence-corrected chi connectivity index (χ3v) is 4.57. The number of fused-ring (bicyclic) bond motifs is 1. The lowest BCUT2D eigenvalue weighted by molar-refractivity contribution is -0.125. The smallest absolute Gasteiger partial charge is 0.254 e. The van der Waals surface area contributed by atoms with E-state index in [9.17, 15) is 4.79 Å². The maximum Gasteiger partial charge on any atom is 0.254 e. The number of aromatic amines is 1. The van der Waals surface area contributed by atoms with Gasteiger partial charge in [0.05, 0.1) is 26.4 Å². The average molecular weight is 315 g/mol. The molecule has 1 aromatic carbocycles. The van der Waals surface area contributed by atoms with Gasteiger partial charge in [0.15, 0.2) is 0 Å².